The van der Waals surface area contributed by atoms with Gasteiger partial charge in [-0.2, -0.15) is 0 Å². The highest BCUT2D eigenvalue weighted by Gasteiger charge is 2.33. The zero-order chi connectivity index (χ0) is 15.9. The number of rotatable bonds is 7. The van der Waals surface area contributed by atoms with Crippen LogP contribution >= 0.6 is 24.0 Å². The number of nitrogens with zero attached hydrogens (tertiary/aromatic N) is 1. The molecule has 0 radical (unpaired) electrons. The summed E-state index contributed by atoms with van der Waals surface area (Å²) in [5, 5.41) is 6.33. The van der Waals surface area contributed by atoms with Crippen molar-refractivity contribution in [3.8, 4) is 0 Å². The number of halogens is 2. The molecule has 1 fully saturated rings. The van der Waals surface area contributed by atoms with Gasteiger partial charge < -0.3 is 20.3 Å². The van der Waals surface area contributed by atoms with Crippen LogP contribution in [0, 0.1) is 0 Å². The third-order valence-corrected chi connectivity index (χ3v) is 3.70. The Morgan fingerprint density at radius 1 is 1.39 bits per heavy atom. The second-order valence-corrected chi connectivity index (χ2v) is 5.48. The highest BCUT2D eigenvalue weighted by Crippen LogP contribution is 2.23. The number of ether oxygens (including phenoxy) is 1. The average molecular weight is 362 g/mol. The monoisotopic (exact) mass is 361 g/mol. The Morgan fingerprint density at radius 3 is 2.74 bits per heavy atom. The summed E-state index contributed by atoms with van der Waals surface area (Å²) in [5.74, 6) is -0.278. The van der Waals surface area contributed by atoms with E-state index in [0.29, 0.717) is 31.1 Å². The van der Waals surface area contributed by atoms with Gasteiger partial charge in [0.05, 0.1) is 13.2 Å². The van der Waals surface area contributed by atoms with Crippen molar-refractivity contribution in [3.05, 3.63) is 29.3 Å². The molecule has 6 nitrogen and oxygen atoms in total. The van der Waals surface area contributed by atoms with Crippen LogP contribution in [0.4, 0.5) is 5.69 Å². The van der Waals surface area contributed by atoms with Gasteiger partial charge >= 0.3 is 0 Å². The maximum Gasteiger partial charge on any atom is 0.249 e. The molecule has 1 aliphatic rings. The van der Waals surface area contributed by atoms with Crippen LogP contribution in [0.1, 0.15) is 6.42 Å². The fraction of sp³-hybridized carbons (Fsp3) is 0.467. The van der Waals surface area contributed by atoms with E-state index in [4.69, 9.17) is 16.3 Å². The molecule has 0 saturated carbocycles. The lowest BCUT2D eigenvalue weighted by molar-refractivity contribution is -0.125. The number of amides is 2. The SMILES string of the molecule is COCCNCC(=O)NC1CCN(c2ccc(Cl)cc2)C1=O.Cl. The zero-order valence-electron chi connectivity index (χ0n) is 12.9. The molecule has 8 heteroatoms. The first-order valence-corrected chi connectivity index (χ1v) is 7.55. The number of benzene rings is 1. The molecular formula is C15H21Cl2N3O3. The summed E-state index contributed by atoms with van der Waals surface area (Å²) in [7, 11) is 1.60. The molecule has 2 rings (SSSR count). The van der Waals surface area contributed by atoms with E-state index in [0.717, 1.165) is 5.69 Å². The van der Waals surface area contributed by atoms with Crippen LogP contribution in [-0.2, 0) is 14.3 Å². The molecule has 2 amide bonds. The summed E-state index contributed by atoms with van der Waals surface area (Å²) in [6, 6.07) is 6.63. The highest BCUT2D eigenvalue weighted by atomic mass is 35.5. The first-order chi connectivity index (χ1) is 10.6. The van der Waals surface area contributed by atoms with Crippen molar-refractivity contribution in [1.29, 1.82) is 0 Å². The molecule has 128 valence electrons. The summed E-state index contributed by atoms with van der Waals surface area (Å²) in [6.07, 6.45) is 0.602. The fourth-order valence-corrected chi connectivity index (χ4v) is 2.44. The molecule has 1 saturated heterocycles. The molecule has 2 N–H and O–H groups in total. The van der Waals surface area contributed by atoms with Gasteiger partial charge in [-0.3, -0.25) is 9.59 Å². The largest absolute Gasteiger partial charge is 0.383 e. The normalized spacial score (nSPS) is 17.0. The lowest BCUT2D eigenvalue weighted by atomic mass is 10.2. The Morgan fingerprint density at radius 2 is 2.09 bits per heavy atom. The van der Waals surface area contributed by atoms with E-state index in [1.807, 2.05) is 0 Å². The van der Waals surface area contributed by atoms with Gasteiger partial charge in [0, 0.05) is 30.9 Å². The maximum atomic E-state index is 12.3. The summed E-state index contributed by atoms with van der Waals surface area (Å²) >= 11 is 5.85. The zero-order valence-corrected chi connectivity index (χ0v) is 14.5. The number of anilines is 1. The van der Waals surface area contributed by atoms with Crippen LogP contribution < -0.4 is 15.5 Å². The van der Waals surface area contributed by atoms with Gasteiger partial charge in [0.2, 0.25) is 11.8 Å². The van der Waals surface area contributed by atoms with Crippen molar-refractivity contribution < 1.29 is 14.3 Å². The van der Waals surface area contributed by atoms with Crippen LogP contribution in [0.25, 0.3) is 0 Å². The molecule has 0 bridgehead atoms. The van der Waals surface area contributed by atoms with E-state index < -0.39 is 6.04 Å². The van der Waals surface area contributed by atoms with Crippen LogP contribution in [0.3, 0.4) is 0 Å². The Labute approximate surface area is 146 Å². The number of nitrogens with one attached hydrogen (secondary N) is 2. The smallest absolute Gasteiger partial charge is 0.249 e. The number of hydrogen-bond acceptors (Lipinski definition) is 4. The minimum Gasteiger partial charge on any atom is -0.383 e. The van der Waals surface area contributed by atoms with Crippen LogP contribution in [0.5, 0.6) is 0 Å². The van der Waals surface area contributed by atoms with Gasteiger partial charge in [0.1, 0.15) is 6.04 Å². The molecule has 0 aliphatic carbocycles. The molecule has 23 heavy (non-hydrogen) atoms. The minimum absolute atomic E-state index is 0. The van der Waals surface area contributed by atoms with Crippen molar-refractivity contribution in [1.82, 2.24) is 10.6 Å². The second-order valence-electron chi connectivity index (χ2n) is 5.04. The van der Waals surface area contributed by atoms with E-state index in [2.05, 4.69) is 10.6 Å². The molecule has 0 aromatic heterocycles. The first kappa shape index (κ1) is 19.7. The second kappa shape index (κ2) is 9.72. The Hall–Kier alpha value is -1.34. The van der Waals surface area contributed by atoms with Crippen molar-refractivity contribution in [3.63, 3.8) is 0 Å². The van der Waals surface area contributed by atoms with Gasteiger partial charge in [-0.25, -0.2) is 0 Å². The molecule has 1 aliphatic heterocycles. The number of carbonyl (C=O) groups is 2. The van der Waals surface area contributed by atoms with Gasteiger partial charge in [-0.15, -0.1) is 12.4 Å². The maximum absolute atomic E-state index is 12.3. The quantitative estimate of drug-likeness (QED) is 0.716. The van der Waals surface area contributed by atoms with Crippen molar-refractivity contribution in [2.75, 3.05) is 38.3 Å². The van der Waals surface area contributed by atoms with Gasteiger partial charge in [0.15, 0.2) is 0 Å². The van der Waals surface area contributed by atoms with Gasteiger partial charge in [-0.1, -0.05) is 11.6 Å². The molecule has 1 aromatic carbocycles. The third kappa shape index (κ3) is 5.66. The standard InChI is InChI=1S/C15H20ClN3O3.ClH/c1-22-9-7-17-10-14(20)18-13-6-8-19(15(13)21)12-4-2-11(16)3-5-12;/h2-5,13,17H,6-10H2,1H3,(H,18,20);1H. The number of carbonyl (C=O) groups excluding carboxylic acids is 2. The summed E-state index contributed by atoms with van der Waals surface area (Å²) in [5.41, 5.74) is 0.796. The van der Waals surface area contributed by atoms with Crippen LogP contribution in [-0.4, -0.2) is 51.2 Å². The lowest BCUT2D eigenvalue weighted by Crippen LogP contribution is -2.45. The third-order valence-electron chi connectivity index (χ3n) is 3.45. The van der Waals surface area contributed by atoms with Crippen molar-refractivity contribution in [2.45, 2.75) is 12.5 Å². The fourth-order valence-electron chi connectivity index (χ4n) is 2.31. The predicted molar refractivity (Wildman–Crippen MR) is 92.3 cm³/mol. The van der Waals surface area contributed by atoms with E-state index in [1.54, 1.807) is 36.3 Å². The summed E-state index contributed by atoms with van der Waals surface area (Å²) in [4.78, 5) is 25.8. The van der Waals surface area contributed by atoms with Crippen LogP contribution in [0.2, 0.25) is 5.02 Å². The van der Waals surface area contributed by atoms with E-state index in [1.165, 1.54) is 0 Å². The van der Waals surface area contributed by atoms with Gasteiger partial charge in [0.25, 0.3) is 0 Å². The van der Waals surface area contributed by atoms with Crippen molar-refractivity contribution in [2.24, 2.45) is 0 Å². The topological polar surface area (TPSA) is 70.7 Å². The molecule has 1 aromatic rings. The Bertz CT molecular complexity index is 525. The van der Waals surface area contributed by atoms with Crippen molar-refractivity contribution >= 4 is 41.5 Å². The molecule has 0 spiro atoms. The molecular weight excluding hydrogens is 341 g/mol. The predicted octanol–water partition coefficient (Wildman–Crippen LogP) is 1.22. The highest BCUT2D eigenvalue weighted by molar-refractivity contribution is 6.30. The molecule has 1 atom stereocenters. The van der Waals surface area contributed by atoms with E-state index in [-0.39, 0.29) is 30.8 Å². The minimum atomic E-state index is -0.465. The van der Waals surface area contributed by atoms with Gasteiger partial charge in [-0.05, 0) is 30.7 Å². The summed E-state index contributed by atoms with van der Waals surface area (Å²) < 4.78 is 4.88. The number of methoxy groups -OCH3 is 1. The average Bonchev–Trinajstić information content (AvgIpc) is 2.86. The summed E-state index contributed by atoms with van der Waals surface area (Å²) in [6.45, 7) is 1.90. The lowest BCUT2D eigenvalue weighted by Gasteiger charge is -2.17. The Balaban J connectivity index is 0.00000264. The van der Waals surface area contributed by atoms with E-state index in [9.17, 15) is 9.59 Å². The molecule has 1 heterocycles. The van der Waals surface area contributed by atoms with E-state index >= 15 is 0 Å². The first-order valence-electron chi connectivity index (χ1n) is 7.18. The molecule has 1 unspecified atom stereocenters. The Kier molecular flexibility index (Phi) is 8.33. The van der Waals surface area contributed by atoms with Crippen LogP contribution in [0.15, 0.2) is 24.3 Å². The number of hydrogen-bond donors (Lipinski definition) is 2.